The molecule has 1 N–H and O–H groups in total. The van der Waals surface area contributed by atoms with E-state index in [1.54, 1.807) is 6.26 Å². The number of hydrogen-bond donors (Lipinski definition) is 1. The highest BCUT2D eigenvalue weighted by molar-refractivity contribution is 7.84. The molecule has 1 rings (SSSR count). The molecule has 0 aromatic carbocycles. The van der Waals surface area contributed by atoms with Crippen LogP contribution in [0.25, 0.3) is 0 Å². The Bertz CT molecular complexity index is 271. The molecular weight excluding hydrogens is 236 g/mol. The lowest BCUT2D eigenvalue weighted by molar-refractivity contribution is -0.135. The molecule has 2 unspecified atom stereocenters. The molecule has 1 aliphatic rings. The van der Waals surface area contributed by atoms with Gasteiger partial charge < -0.3 is 10.2 Å². The summed E-state index contributed by atoms with van der Waals surface area (Å²) >= 11 is 0. The first-order valence-corrected chi connectivity index (χ1v) is 8.20. The van der Waals surface area contributed by atoms with E-state index >= 15 is 0 Å². The molecule has 0 saturated carbocycles. The third-order valence-corrected chi connectivity index (χ3v) is 3.89. The van der Waals surface area contributed by atoms with E-state index in [2.05, 4.69) is 12.2 Å². The van der Waals surface area contributed by atoms with Crippen molar-refractivity contribution in [1.82, 2.24) is 10.2 Å². The quantitative estimate of drug-likeness (QED) is 0.735. The van der Waals surface area contributed by atoms with Gasteiger partial charge >= 0.3 is 0 Å². The third-order valence-electron chi connectivity index (χ3n) is 3.03. The SMILES string of the molecule is CCCNC1CCCN(CCCS(C)=O)C1=O. The second kappa shape index (κ2) is 7.82. The highest BCUT2D eigenvalue weighted by Crippen LogP contribution is 2.12. The van der Waals surface area contributed by atoms with Crippen LogP contribution in [0.4, 0.5) is 0 Å². The number of piperidine rings is 1. The molecule has 1 fully saturated rings. The lowest BCUT2D eigenvalue weighted by atomic mass is 10.0. The molecule has 1 saturated heterocycles. The van der Waals surface area contributed by atoms with E-state index in [4.69, 9.17) is 0 Å². The van der Waals surface area contributed by atoms with E-state index in [1.165, 1.54) is 0 Å². The molecule has 1 heterocycles. The van der Waals surface area contributed by atoms with Crippen LogP contribution in [0.1, 0.15) is 32.6 Å². The number of nitrogens with zero attached hydrogens (tertiary/aromatic N) is 1. The van der Waals surface area contributed by atoms with Gasteiger partial charge in [-0.15, -0.1) is 0 Å². The Kier molecular flexibility index (Phi) is 6.73. The first-order valence-electron chi connectivity index (χ1n) is 6.47. The van der Waals surface area contributed by atoms with E-state index < -0.39 is 10.8 Å². The number of hydrogen-bond acceptors (Lipinski definition) is 3. The van der Waals surface area contributed by atoms with Crippen LogP contribution >= 0.6 is 0 Å². The van der Waals surface area contributed by atoms with Crippen LogP contribution in [0.3, 0.4) is 0 Å². The summed E-state index contributed by atoms with van der Waals surface area (Å²) < 4.78 is 11.0. The topological polar surface area (TPSA) is 49.4 Å². The van der Waals surface area contributed by atoms with Gasteiger partial charge in [0, 0.05) is 35.9 Å². The smallest absolute Gasteiger partial charge is 0.239 e. The van der Waals surface area contributed by atoms with E-state index in [0.717, 1.165) is 45.3 Å². The largest absolute Gasteiger partial charge is 0.341 e. The van der Waals surface area contributed by atoms with E-state index in [9.17, 15) is 9.00 Å². The van der Waals surface area contributed by atoms with E-state index in [1.807, 2.05) is 4.90 Å². The number of likely N-dealkylation sites (tertiary alicyclic amines) is 1. The average molecular weight is 260 g/mol. The van der Waals surface area contributed by atoms with Crippen LogP contribution in [0.5, 0.6) is 0 Å². The Morgan fingerprint density at radius 3 is 2.94 bits per heavy atom. The van der Waals surface area contributed by atoms with Crippen molar-refractivity contribution >= 4 is 16.7 Å². The Morgan fingerprint density at radius 2 is 2.29 bits per heavy atom. The van der Waals surface area contributed by atoms with Crippen LogP contribution in [0.15, 0.2) is 0 Å². The van der Waals surface area contributed by atoms with E-state index in [-0.39, 0.29) is 11.9 Å². The Morgan fingerprint density at radius 1 is 1.53 bits per heavy atom. The fourth-order valence-electron chi connectivity index (χ4n) is 2.13. The second-order valence-corrected chi connectivity index (χ2v) is 6.16. The maximum atomic E-state index is 12.1. The highest BCUT2D eigenvalue weighted by atomic mass is 32.2. The van der Waals surface area contributed by atoms with Crippen LogP contribution in [0, 0.1) is 0 Å². The van der Waals surface area contributed by atoms with Crippen molar-refractivity contribution in [3.05, 3.63) is 0 Å². The molecule has 17 heavy (non-hydrogen) atoms. The summed E-state index contributed by atoms with van der Waals surface area (Å²) in [4.78, 5) is 14.0. The van der Waals surface area contributed by atoms with Crippen LogP contribution < -0.4 is 5.32 Å². The molecule has 0 bridgehead atoms. The van der Waals surface area contributed by atoms with Gasteiger partial charge in [-0.3, -0.25) is 9.00 Å². The molecule has 100 valence electrons. The fourth-order valence-corrected chi connectivity index (χ4v) is 2.66. The Balaban J connectivity index is 2.33. The van der Waals surface area contributed by atoms with Crippen molar-refractivity contribution in [3.63, 3.8) is 0 Å². The molecule has 0 aromatic heterocycles. The summed E-state index contributed by atoms with van der Waals surface area (Å²) in [5.41, 5.74) is 0. The van der Waals surface area contributed by atoms with Crippen LogP contribution in [0.2, 0.25) is 0 Å². The average Bonchev–Trinajstić information content (AvgIpc) is 2.29. The Hall–Kier alpha value is -0.420. The molecule has 5 heteroatoms. The maximum Gasteiger partial charge on any atom is 0.239 e. The Labute approximate surface area is 107 Å². The number of amides is 1. The first kappa shape index (κ1) is 14.6. The summed E-state index contributed by atoms with van der Waals surface area (Å²) in [5, 5.41) is 3.30. The van der Waals surface area contributed by atoms with Crippen molar-refractivity contribution < 1.29 is 9.00 Å². The highest BCUT2D eigenvalue weighted by Gasteiger charge is 2.27. The summed E-state index contributed by atoms with van der Waals surface area (Å²) in [5.74, 6) is 0.920. The van der Waals surface area contributed by atoms with Crippen molar-refractivity contribution in [2.24, 2.45) is 0 Å². The van der Waals surface area contributed by atoms with Gasteiger partial charge in [0.1, 0.15) is 0 Å². The predicted molar refractivity (Wildman–Crippen MR) is 71.4 cm³/mol. The summed E-state index contributed by atoms with van der Waals surface area (Å²) in [6.45, 7) is 4.63. The molecule has 4 nitrogen and oxygen atoms in total. The minimum absolute atomic E-state index is 0.0100. The van der Waals surface area contributed by atoms with Crippen molar-refractivity contribution in [2.45, 2.75) is 38.6 Å². The van der Waals surface area contributed by atoms with Gasteiger partial charge in [-0.1, -0.05) is 6.92 Å². The van der Waals surface area contributed by atoms with Gasteiger partial charge in [-0.2, -0.15) is 0 Å². The molecule has 1 amide bonds. The standard InChI is InChI=1S/C12H24N2O2S/c1-3-7-13-11-6-4-8-14(12(11)15)9-5-10-17(2)16/h11,13H,3-10H2,1-2H3. The molecule has 0 radical (unpaired) electrons. The number of rotatable bonds is 7. The van der Waals surface area contributed by atoms with Crippen molar-refractivity contribution in [2.75, 3.05) is 31.6 Å². The van der Waals surface area contributed by atoms with Gasteiger partial charge in [0.05, 0.1) is 6.04 Å². The van der Waals surface area contributed by atoms with Gasteiger partial charge in [-0.05, 0) is 32.2 Å². The molecular formula is C12H24N2O2S. The molecule has 2 atom stereocenters. The normalized spacial score (nSPS) is 22.8. The van der Waals surface area contributed by atoms with Gasteiger partial charge in [-0.25, -0.2) is 0 Å². The van der Waals surface area contributed by atoms with Crippen molar-refractivity contribution in [3.8, 4) is 0 Å². The van der Waals surface area contributed by atoms with Crippen LogP contribution in [-0.2, 0) is 15.6 Å². The minimum Gasteiger partial charge on any atom is -0.341 e. The third kappa shape index (κ3) is 5.17. The molecule has 0 aromatic rings. The van der Waals surface area contributed by atoms with Gasteiger partial charge in [0.15, 0.2) is 0 Å². The number of carbonyl (C=O) groups is 1. The summed E-state index contributed by atoms with van der Waals surface area (Å²) in [7, 11) is -0.748. The first-order chi connectivity index (χ1) is 8.15. The molecule has 0 aliphatic carbocycles. The lowest BCUT2D eigenvalue weighted by Crippen LogP contribution is -2.51. The number of carbonyl (C=O) groups excluding carboxylic acids is 1. The maximum absolute atomic E-state index is 12.1. The van der Waals surface area contributed by atoms with Gasteiger partial charge in [0.2, 0.25) is 5.91 Å². The zero-order valence-electron chi connectivity index (χ0n) is 10.9. The monoisotopic (exact) mass is 260 g/mol. The minimum atomic E-state index is -0.748. The number of nitrogens with one attached hydrogen (secondary N) is 1. The summed E-state index contributed by atoms with van der Waals surface area (Å²) in [6.07, 6.45) is 5.63. The van der Waals surface area contributed by atoms with E-state index in [0.29, 0.717) is 5.75 Å². The molecule has 1 aliphatic heterocycles. The molecule has 0 spiro atoms. The van der Waals surface area contributed by atoms with Gasteiger partial charge in [0.25, 0.3) is 0 Å². The zero-order valence-corrected chi connectivity index (χ0v) is 11.7. The predicted octanol–water partition coefficient (Wildman–Crippen LogP) is 0.746. The van der Waals surface area contributed by atoms with Crippen molar-refractivity contribution in [1.29, 1.82) is 0 Å². The lowest BCUT2D eigenvalue weighted by Gasteiger charge is -2.32. The zero-order chi connectivity index (χ0) is 12.7. The summed E-state index contributed by atoms with van der Waals surface area (Å²) in [6, 6.07) is 0.0100. The van der Waals surface area contributed by atoms with Crippen LogP contribution in [-0.4, -0.2) is 52.7 Å². The second-order valence-electron chi connectivity index (χ2n) is 4.61. The fraction of sp³-hybridized carbons (Fsp3) is 0.917.